The van der Waals surface area contributed by atoms with Crippen molar-refractivity contribution in [1.29, 1.82) is 0 Å². The van der Waals surface area contributed by atoms with Crippen molar-refractivity contribution >= 4 is 5.69 Å². The minimum atomic E-state index is 0.786. The lowest BCUT2D eigenvalue weighted by molar-refractivity contribution is 0.570. The van der Waals surface area contributed by atoms with Gasteiger partial charge in [0.25, 0.3) is 0 Å². The molecule has 2 fully saturated rings. The summed E-state index contributed by atoms with van der Waals surface area (Å²) in [6.45, 7) is 9.15. The van der Waals surface area contributed by atoms with E-state index in [0.29, 0.717) is 0 Å². The van der Waals surface area contributed by atoms with Gasteiger partial charge in [-0.1, -0.05) is 19.9 Å². The molecule has 0 aliphatic heterocycles. The quantitative estimate of drug-likeness (QED) is 0.768. The van der Waals surface area contributed by atoms with Gasteiger partial charge in [-0.3, -0.25) is 0 Å². The summed E-state index contributed by atoms with van der Waals surface area (Å²) in [6, 6.07) is 8.68. The van der Waals surface area contributed by atoms with Crippen molar-refractivity contribution in [3.05, 3.63) is 29.3 Å². The number of hydrogen-bond acceptors (Lipinski definition) is 2. The topological polar surface area (TPSA) is 15.3 Å². The van der Waals surface area contributed by atoms with Gasteiger partial charge in [0.1, 0.15) is 0 Å². The molecule has 0 spiro atoms. The minimum Gasteiger partial charge on any atom is -0.369 e. The van der Waals surface area contributed by atoms with E-state index in [0.717, 1.165) is 24.5 Å². The predicted octanol–water partition coefficient (Wildman–Crippen LogP) is 4.26. The van der Waals surface area contributed by atoms with Gasteiger partial charge in [-0.15, -0.1) is 0 Å². The molecule has 21 heavy (non-hydrogen) atoms. The second-order valence-electron chi connectivity index (χ2n) is 7.37. The average molecular weight is 286 g/mol. The number of nitrogens with one attached hydrogen (secondary N) is 1. The summed E-state index contributed by atoms with van der Waals surface area (Å²) >= 11 is 0. The number of hydrogen-bond donors (Lipinski definition) is 1. The third-order valence-corrected chi connectivity index (χ3v) is 4.75. The predicted molar refractivity (Wildman–Crippen MR) is 90.9 cm³/mol. The van der Waals surface area contributed by atoms with Crippen LogP contribution >= 0.6 is 0 Å². The molecule has 0 saturated heterocycles. The van der Waals surface area contributed by atoms with E-state index < -0.39 is 0 Å². The van der Waals surface area contributed by atoms with Crippen LogP contribution in [0.2, 0.25) is 0 Å². The molecule has 0 atom stereocenters. The van der Waals surface area contributed by atoms with Gasteiger partial charge in [0.15, 0.2) is 0 Å². The van der Waals surface area contributed by atoms with Gasteiger partial charge in [0, 0.05) is 30.9 Å². The lowest BCUT2D eigenvalue weighted by Crippen LogP contribution is -2.28. The summed E-state index contributed by atoms with van der Waals surface area (Å²) in [5.41, 5.74) is 4.34. The summed E-state index contributed by atoms with van der Waals surface area (Å²) in [5.74, 6) is 0.786. The first kappa shape index (κ1) is 14.9. The molecular formula is C19H30N2. The van der Waals surface area contributed by atoms with Gasteiger partial charge in [-0.05, 0) is 68.2 Å². The molecule has 0 unspecified atom stereocenters. The first-order valence-corrected chi connectivity index (χ1v) is 8.73. The highest BCUT2D eigenvalue weighted by molar-refractivity contribution is 5.52. The van der Waals surface area contributed by atoms with Crippen LogP contribution < -0.4 is 10.2 Å². The lowest BCUT2D eigenvalue weighted by Gasteiger charge is -2.26. The molecule has 0 aromatic heterocycles. The van der Waals surface area contributed by atoms with E-state index in [-0.39, 0.29) is 0 Å². The Kier molecular flexibility index (Phi) is 4.54. The molecule has 0 amide bonds. The molecule has 2 heteroatoms. The summed E-state index contributed by atoms with van der Waals surface area (Å²) in [5, 5.41) is 3.62. The van der Waals surface area contributed by atoms with Gasteiger partial charge in [0.2, 0.25) is 0 Å². The van der Waals surface area contributed by atoms with Crippen LogP contribution in [0, 0.1) is 12.8 Å². The van der Waals surface area contributed by atoms with E-state index >= 15 is 0 Å². The zero-order valence-corrected chi connectivity index (χ0v) is 13.9. The molecule has 2 aliphatic rings. The lowest BCUT2D eigenvalue weighted by atomic mass is 10.1. The van der Waals surface area contributed by atoms with E-state index in [1.807, 2.05) is 0 Å². The largest absolute Gasteiger partial charge is 0.369 e. The molecule has 2 saturated carbocycles. The van der Waals surface area contributed by atoms with Gasteiger partial charge in [-0.25, -0.2) is 0 Å². The molecule has 2 aliphatic carbocycles. The fourth-order valence-electron chi connectivity index (χ4n) is 2.90. The maximum absolute atomic E-state index is 3.62. The maximum Gasteiger partial charge on any atom is 0.0371 e. The molecule has 3 rings (SSSR count). The van der Waals surface area contributed by atoms with Crippen LogP contribution in [-0.2, 0) is 6.54 Å². The second kappa shape index (κ2) is 6.39. The zero-order chi connectivity index (χ0) is 14.8. The van der Waals surface area contributed by atoms with E-state index in [4.69, 9.17) is 0 Å². The Labute approximate surface area is 129 Å². The molecule has 1 aromatic carbocycles. The highest BCUT2D eigenvalue weighted by Crippen LogP contribution is 2.33. The summed E-state index contributed by atoms with van der Waals surface area (Å²) in [4.78, 5) is 2.64. The van der Waals surface area contributed by atoms with Crippen molar-refractivity contribution < 1.29 is 0 Å². The average Bonchev–Trinajstić information content (AvgIpc) is 3.31. The van der Waals surface area contributed by atoms with Gasteiger partial charge >= 0.3 is 0 Å². The SMILES string of the molecule is Cc1cc(N(CCC(C)C)C2CC2)ccc1CNC1CC1. The monoisotopic (exact) mass is 286 g/mol. The van der Waals surface area contributed by atoms with Crippen molar-refractivity contribution in [3.8, 4) is 0 Å². The summed E-state index contributed by atoms with van der Waals surface area (Å²) < 4.78 is 0. The van der Waals surface area contributed by atoms with Crippen LogP contribution in [0.15, 0.2) is 18.2 Å². The summed E-state index contributed by atoms with van der Waals surface area (Å²) in [6.07, 6.45) is 6.77. The molecule has 0 bridgehead atoms. The summed E-state index contributed by atoms with van der Waals surface area (Å²) in [7, 11) is 0. The first-order valence-electron chi connectivity index (χ1n) is 8.73. The maximum atomic E-state index is 3.62. The first-order chi connectivity index (χ1) is 10.1. The van der Waals surface area contributed by atoms with Crippen LogP contribution in [-0.4, -0.2) is 18.6 Å². The number of benzene rings is 1. The van der Waals surface area contributed by atoms with E-state index in [1.165, 1.54) is 55.5 Å². The zero-order valence-electron chi connectivity index (χ0n) is 13.9. The number of nitrogens with zero attached hydrogens (tertiary/aromatic N) is 1. The number of anilines is 1. The number of rotatable bonds is 8. The van der Waals surface area contributed by atoms with Crippen molar-refractivity contribution in [1.82, 2.24) is 5.32 Å². The minimum absolute atomic E-state index is 0.786. The van der Waals surface area contributed by atoms with Crippen LogP contribution in [0.1, 0.15) is 57.1 Å². The number of aryl methyl sites for hydroxylation is 1. The highest BCUT2D eigenvalue weighted by Gasteiger charge is 2.29. The van der Waals surface area contributed by atoms with Crippen molar-refractivity contribution in [3.63, 3.8) is 0 Å². The Balaban J connectivity index is 1.65. The van der Waals surface area contributed by atoms with Gasteiger partial charge in [0.05, 0.1) is 0 Å². The molecular weight excluding hydrogens is 256 g/mol. The van der Waals surface area contributed by atoms with Crippen molar-refractivity contribution in [2.45, 2.75) is 71.5 Å². The molecule has 2 nitrogen and oxygen atoms in total. The standard InChI is InChI=1S/C19H30N2/c1-14(2)10-11-21(18-8-9-18)19-7-4-16(15(3)12-19)13-20-17-5-6-17/h4,7,12,14,17-18,20H,5-6,8-11,13H2,1-3H3. The molecule has 0 radical (unpaired) electrons. The Hall–Kier alpha value is -1.02. The fraction of sp³-hybridized carbons (Fsp3) is 0.684. The Morgan fingerprint density at radius 2 is 1.95 bits per heavy atom. The van der Waals surface area contributed by atoms with Crippen LogP contribution in [0.4, 0.5) is 5.69 Å². The van der Waals surface area contributed by atoms with Crippen molar-refractivity contribution in [2.75, 3.05) is 11.4 Å². The molecule has 1 aromatic rings. The Morgan fingerprint density at radius 1 is 1.19 bits per heavy atom. The van der Waals surface area contributed by atoms with Gasteiger partial charge in [-0.2, -0.15) is 0 Å². The highest BCUT2D eigenvalue weighted by atomic mass is 15.2. The van der Waals surface area contributed by atoms with E-state index in [2.05, 4.69) is 49.2 Å². The van der Waals surface area contributed by atoms with Crippen LogP contribution in [0.25, 0.3) is 0 Å². The third kappa shape index (κ3) is 4.23. The smallest absolute Gasteiger partial charge is 0.0371 e. The Bertz CT molecular complexity index is 472. The molecule has 116 valence electrons. The molecule has 1 N–H and O–H groups in total. The van der Waals surface area contributed by atoms with E-state index in [9.17, 15) is 0 Å². The fourth-order valence-corrected chi connectivity index (χ4v) is 2.90. The third-order valence-electron chi connectivity index (χ3n) is 4.75. The Morgan fingerprint density at radius 3 is 2.52 bits per heavy atom. The van der Waals surface area contributed by atoms with Crippen molar-refractivity contribution in [2.24, 2.45) is 5.92 Å². The van der Waals surface area contributed by atoms with Crippen LogP contribution in [0.5, 0.6) is 0 Å². The second-order valence-corrected chi connectivity index (χ2v) is 7.37. The van der Waals surface area contributed by atoms with E-state index in [1.54, 1.807) is 0 Å². The van der Waals surface area contributed by atoms with Crippen LogP contribution in [0.3, 0.4) is 0 Å². The molecule has 0 heterocycles. The normalized spacial score (nSPS) is 18.3. The van der Waals surface area contributed by atoms with Gasteiger partial charge < -0.3 is 10.2 Å².